The molecule has 1 heterocycles. The van der Waals surface area contributed by atoms with Crippen LogP contribution in [0.2, 0.25) is 0 Å². The Kier molecular flexibility index (Phi) is 6.92. The van der Waals surface area contributed by atoms with Crippen molar-refractivity contribution in [2.45, 2.75) is 58.8 Å². The third-order valence-corrected chi connectivity index (χ3v) is 3.72. The van der Waals surface area contributed by atoms with Gasteiger partial charge in [0, 0.05) is 19.6 Å². The molecule has 0 aromatic rings. The highest BCUT2D eigenvalue weighted by Gasteiger charge is 2.34. The first kappa shape index (κ1) is 17.4. The summed E-state index contributed by atoms with van der Waals surface area (Å²) in [5.41, 5.74) is -0.602. The molecule has 1 N–H and O–H groups in total. The van der Waals surface area contributed by atoms with Crippen LogP contribution in [0.15, 0.2) is 0 Å². The smallest absolute Gasteiger partial charge is 0.326 e. The van der Waals surface area contributed by atoms with Crippen molar-refractivity contribution in [2.75, 3.05) is 32.8 Å². The number of nitrogens with one attached hydrogen (secondary N) is 1. The zero-order valence-corrected chi connectivity index (χ0v) is 13.6. The molecule has 1 aliphatic heterocycles. The largest absolute Gasteiger partial charge is 0.465 e. The Hall–Kier alpha value is -0.650. The van der Waals surface area contributed by atoms with Gasteiger partial charge < -0.3 is 14.8 Å². The van der Waals surface area contributed by atoms with Gasteiger partial charge in [-0.1, -0.05) is 6.92 Å². The zero-order valence-electron chi connectivity index (χ0n) is 13.6. The van der Waals surface area contributed by atoms with Gasteiger partial charge in [-0.3, -0.25) is 9.69 Å². The fraction of sp³-hybridized carbons (Fsp3) is 0.933. The molecule has 0 bridgehead atoms. The molecule has 1 fully saturated rings. The van der Waals surface area contributed by atoms with Crippen LogP contribution in [0.1, 0.15) is 41.0 Å². The van der Waals surface area contributed by atoms with Gasteiger partial charge in [0.15, 0.2) is 0 Å². The number of morpholine rings is 1. The number of ether oxygens (including phenoxy) is 2. The SMILES string of the molecule is CCNC(C)(CCN1C[C@@H](C)O[C@@H](C)C1)C(=O)OCC. The van der Waals surface area contributed by atoms with E-state index in [2.05, 4.69) is 24.1 Å². The van der Waals surface area contributed by atoms with E-state index >= 15 is 0 Å². The van der Waals surface area contributed by atoms with Crippen LogP contribution in [0, 0.1) is 0 Å². The number of carbonyl (C=O) groups is 1. The summed E-state index contributed by atoms with van der Waals surface area (Å²) in [5, 5.41) is 3.27. The summed E-state index contributed by atoms with van der Waals surface area (Å²) in [7, 11) is 0. The Balaban J connectivity index is 2.55. The summed E-state index contributed by atoms with van der Waals surface area (Å²) in [4.78, 5) is 14.5. The number of rotatable bonds is 7. The molecule has 0 aromatic heterocycles. The normalized spacial score (nSPS) is 27.1. The number of hydrogen-bond donors (Lipinski definition) is 1. The van der Waals surface area contributed by atoms with Crippen LogP contribution in [-0.2, 0) is 14.3 Å². The maximum absolute atomic E-state index is 12.1. The third kappa shape index (κ3) is 5.04. The Bertz CT molecular complexity index is 301. The lowest BCUT2D eigenvalue weighted by Crippen LogP contribution is -2.54. The zero-order chi connectivity index (χ0) is 15.2. The average molecular weight is 286 g/mol. The number of esters is 1. The van der Waals surface area contributed by atoms with Crippen LogP contribution in [0.4, 0.5) is 0 Å². The molecule has 1 saturated heterocycles. The van der Waals surface area contributed by atoms with E-state index < -0.39 is 5.54 Å². The molecule has 0 saturated carbocycles. The highest BCUT2D eigenvalue weighted by molar-refractivity contribution is 5.80. The molecular weight excluding hydrogens is 256 g/mol. The average Bonchev–Trinajstić information content (AvgIpc) is 2.36. The second kappa shape index (κ2) is 7.96. The first-order chi connectivity index (χ1) is 9.41. The minimum absolute atomic E-state index is 0.156. The van der Waals surface area contributed by atoms with Crippen LogP contribution >= 0.6 is 0 Å². The first-order valence-electron chi connectivity index (χ1n) is 7.71. The van der Waals surface area contributed by atoms with E-state index in [0.717, 1.165) is 32.6 Å². The van der Waals surface area contributed by atoms with Gasteiger partial charge in [-0.25, -0.2) is 0 Å². The summed E-state index contributed by atoms with van der Waals surface area (Å²) in [6.07, 6.45) is 1.26. The van der Waals surface area contributed by atoms with Gasteiger partial charge in [0.25, 0.3) is 0 Å². The minimum Gasteiger partial charge on any atom is -0.465 e. The first-order valence-corrected chi connectivity index (χ1v) is 7.71. The summed E-state index contributed by atoms with van der Waals surface area (Å²) < 4.78 is 10.9. The van der Waals surface area contributed by atoms with Crippen molar-refractivity contribution in [3.05, 3.63) is 0 Å². The van der Waals surface area contributed by atoms with Gasteiger partial charge in [-0.15, -0.1) is 0 Å². The lowest BCUT2D eigenvalue weighted by molar-refractivity contribution is -0.151. The number of carbonyl (C=O) groups excluding carboxylic acids is 1. The van der Waals surface area contributed by atoms with E-state index in [-0.39, 0.29) is 18.2 Å². The molecule has 0 amide bonds. The quantitative estimate of drug-likeness (QED) is 0.717. The molecule has 20 heavy (non-hydrogen) atoms. The maximum atomic E-state index is 12.1. The van der Waals surface area contributed by atoms with Crippen LogP contribution in [0.3, 0.4) is 0 Å². The summed E-state index contributed by atoms with van der Waals surface area (Å²) in [6.45, 7) is 13.9. The summed E-state index contributed by atoms with van der Waals surface area (Å²) in [5.74, 6) is -0.156. The number of likely N-dealkylation sites (N-methyl/N-ethyl adjacent to an activating group) is 1. The second-order valence-electron chi connectivity index (χ2n) is 5.85. The van der Waals surface area contributed by atoms with Crippen molar-refractivity contribution in [3.8, 4) is 0 Å². The maximum Gasteiger partial charge on any atom is 0.326 e. The van der Waals surface area contributed by atoms with Crippen LogP contribution in [-0.4, -0.2) is 61.4 Å². The van der Waals surface area contributed by atoms with Gasteiger partial charge >= 0.3 is 5.97 Å². The lowest BCUT2D eigenvalue weighted by Gasteiger charge is -2.37. The van der Waals surface area contributed by atoms with E-state index in [9.17, 15) is 4.79 Å². The van der Waals surface area contributed by atoms with Crippen molar-refractivity contribution in [3.63, 3.8) is 0 Å². The summed E-state index contributed by atoms with van der Waals surface area (Å²) in [6, 6.07) is 0. The van der Waals surface area contributed by atoms with Gasteiger partial charge in [0.05, 0.1) is 18.8 Å². The molecule has 0 aliphatic carbocycles. The molecule has 118 valence electrons. The molecule has 0 spiro atoms. The fourth-order valence-electron chi connectivity index (χ4n) is 2.79. The van der Waals surface area contributed by atoms with Gasteiger partial charge in [0.1, 0.15) is 5.54 Å². The van der Waals surface area contributed by atoms with Gasteiger partial charge in [-0.05, 0) is 40.7 Å². The molecular formula is C15H30N2O3. The molecule has 1 unspecified atom stereocenters. The molecule has 0 aromatic carbocycles. The van der Waals surface area contributed by atoms with Crippen LogP contribution in [0.5, 0.6) is 0 Å². The van der Waals surface area contributed by atoms with Crippen molar-refractivity contribution in [1.29, 1.82) is 0 Å². The van der Waals surface area contributed by atoms with Gasteiger partial charge in [-0.2, -0.15) is 0 Å². The molecule has 5 nitrogen and oxygen atoms in total. The van der Waals surface area contributed by atoms with Gasteiger partial charge in [0.2, 0.25) is 0 Å². The van der Waals surface area contributed by atoms with E-state index in [1.165, 1.54) is 0 Å². The summed E-state index contributed by atoms with van der Waals surface area (Å²) >= 11 is 0. The molecule has 3 atom stereocenters. The highest BCUT2D eigenvalue weighted by atomic mass is 16.5. The standard InChI is InChI=1S/C15H30N2O3/c1-6-16-15(5,14(18)19-7-2)8-9-17-10-12(3)20-13(4)11-17/h12-13,16H,6-11H2,1-5H3/t12-,13+,15?. The van der Waals surface area contributed by atoms with Crippen molar-refractivity contribution < 1.29 is 14.3 Å². The molecule has 0 radical (unpaired) electrons. The predicted molar refractivity (Wildman–Crippen MR) is 79.8 cm³/mol. The molecule has 1 rings (SSSR count). The Morgan fingerprint density at radius 1 is 1.35 bits per heavy atom. The van der Waals surface area contributed by atoms with Crippen molar-refractivity contribution >= 4 is 5.97 Å². The topological polar surface area (TPSA) is 50.8 Å². The molecule has 1 aliphatic rings. The van der Waals surface area contributed by atoms with Crippen LogP contribution < -0.4 is 5.32 Å². The Morgan fingerprint density at radius 3 is 2.45 bits per heavy atom. The lowest BCUT2D eigenvalue weighted by atomic mass is 9.97. The van der Waals surface area contributed by atoms with Crippen LogP contribution in [0.25, 0.3) is 0 Å². The van der Waals surface area contributed by atoms with E-state index in [1.54, 1.807) is 0 Å². The van der Waals surface area contributed by atoms with Crippen molar-refractivity contribution in [2.24, 2.45) is 0 Å². The van der Waals surface area contributed by atoms with E-state index in [4.69, 9.17) is 9.47 Å². The second-order valence-corrected chi connectivity index (χ2v) is 5.85. The van der Waals surface area contributed by atoms with E-state index in [0.29, 0.717) is 6.61 Å². The number of hydrogen-bond acceptors (Lipinski definition) is 5. The number of nitrogens with zero attached hydrogens (tertiary/aromatic N) is 1. The highest BCUT2D eigenvalue weighted by Crippen LogP contribution is 2.16. The Morgan fingerprint density at radius 2 is 1.95 bits per heavy atom. The van der Waals surface area contributed by atoms with Crippen molar-refractivity contribution in [1.82, 2.24) is 10.2 Å². The predicted octanol–water partition coefficient (Wildman–Crippen LogP) is 1.42. The molecule has 5 heteroatoms. The monoisotopic (exact) mass is 286 g/mol. The Labute approximate surface area is 123 Å². The third-order valence-electron chi connectivity index (χ3n) is 3.72. The van der Waals surface area contributed by atoms with E-state index in [1.807, 2.05) is 20.8 Å². The fourth-order valence-corrected chi connectivity index (χ4v) is 2.79. The minimum atomic E-state index is -0.602.